The maximum atomic E-state index is 12.7. The highest BCUT2D eigenvalue weighted by Crippen LogP contribution is 2.19. The van der Waals surface area contributed by atoms with E-state index in [9.17, 15) is 9.59 Å². The first-order valence-electron chi connectivity index (χ1n) is 9.45. The Labute approximate surface area is 173 Å². The van der Waals surface area contributed by atoms with Gasteiger partial charge in [0.25, 0.3) is 5.91 Å². The van der Waals surface area contributed by atoms with Gasteiger partial charge < -0.3 is 15.0 Å². The number of morpholine rings is 1. The molecule has 148 valence electrons. The molecular formula is C22H21N3O3S. The molecule has 0 aliphatic carbocycles. The molecule has 1 saturated heterocycles. The van der Waals surface area contributed by atoms with Gasteiger partial charge >= 0.3 is 0 Å². The summed E-state index contributed by atoms with van der Waals surface area (Å²) in [5.74, 6) is 0.500. The molecule has 0 atom stereocenters. The third kappa shape index (κ3) is 4.52. The lowest BCUT2D eigenvalue weighted by molar-refractivity contribution is 0.0940. The molecule has 3 heterocycles. The number of aromatic nitrogens is 1. The predicted octanol–water partition coefficient (Wildman–Crippen LogP) is 3.14. The summed E-state index contributed by atoms with van der Waals surface area (Å²) in [6.07, 6.45) is 1.77. The van der Waals surface area contributed by atoms with Crippen LogP contribution in [0.2, 0.25) is 0 Å². The van der Waals surface area contributed by atoms with Crippen LogP contribution in [-0.4, -0.2) is 43.0 Å². The lowest BCUT2D eigenvalue weighted by Gasteiger charge is -2.27. The Morgan fingerprint density at radius 3 is 2.52 bits per heavy atom. The number of rotatable bonds is 6. The van der Waals surface area contributed by atoms with Crippen molar-refractivity contribution in [1.29, 1.82) is 0 Å². The van der Waals surface area contributed by atoms with E-state index < -0.39 is 0 Å². The molecule has 3 aromatic rings. The predicted molar refractivity (Wildman–Crippen MR) is 113 cm³/mol. The highest BCUT2D eigenvalue weighted by atomic mass is 32.1. The zero-order valence-corrected chi connectivity index (χ0v) is 16.7. The molecule has 4 rings (SSSR count). The summed E-state index contributed by atoms with van der Waals surface area (Å²) in [6.45, 7) is 3.43. The number of anilines is 1. The number of ether oxygens (including phenoxy) is 1. The Balaban J connectivity index is 1.42. The zero-order valence-electron chi connectivity index (χ0n) is 15.8. The summed E-state index contributed by atoms with van der Waals surface area (Å²) in [6, 6.07) is 14.4. The van der Waals surface area contributed by atoms with E-state index in [0.717, 1.165) is 24.5 Å². The Kier molecular flexibility index (Phi) is 5.97. The minimum atomic E-state index is -0.275. The molecule has 0 radical (unpaired) electrons. The van der Waals surface area contributed by atoms with Gasteiger partial charge in [0, 0.05) is 31.4 Å². The first-order valence-corrected chi connectivity index (χ1v) is 10.3. The number of thiophene rings is 1. The second kappa shape index (κ2) is 8.98. The van der Waals surface area contributed by atoms with Gasteiger partial charge in [0.2, 0.25) is 5.78 Å². The topological polar surface area (TPSA) is 71.5 Å². The number of hydrogen-bond acceptors (Lipinski definition) is 6. The minimum absolute atomic E-state index is 0.137. The molecule has 0 spiro atoms. The van der Waals surface area contributed by atoms with Crippen molar-refractivity contribution in [2.24, 2.45) is 0 Å². The van der Waals surface area contributed by atoms with E-state index in [4.69, 9.17) is 4.74 Å². The molecule has 7 heteroatoms. The van der Waals surface area contributed by atoms with Crippen molar-refractivity contribution in [2.45, 2.75) is 6.54 Å². The number of hydrogen-bond donors (Lipinski definition) is 1. The molecule has 0 saturated carbocycles. The summed E-state index contributed by atoms with van der Waals surface area (Å²) >= 11 is 1.37. The molecule has 1 fully saturated rings. The Hall–Kier alpha value is -3.03. The van der Waals surface area contributed by atoms with Crippen molar-refractivity contribution in [1.82, 2.24) is 10.3 Å². The van der Waals surface area contributed by atoms with Crippen LogP contribution in [0, 0.1) is 0 Å². The van der Waals surface area contributed by atoms with E-state index in [1.807, 2.05) is 23.6 Å². The average molecular weight is 407 g/mol. The molecule has 1 aliphatic heterocycles. The summed E-state index contributed by atoms with van der Waals surface area (Å²) in [4.78, 5) is 32.7. The fraction of sp³-hybridized carbons (Fsp3) is 0.227. The number of amides is 1. The molecule has 0 bridgehead atoms. The first kappa shape index (κ1) is 19.3. The number of nitrogens with zero attached hydrogens (tertiary/aromatic N) is 2. The van der Waals surface area contributed by atoms with Crippen molar-refractivity contribution in [2.75, 3.05) is 31.2 Å². The van der Waals surface area contributed by atoms with Crippen LogP contribution in [0.3, 0.4) is 0 Å². The van der Waals surface area contributed by atoms with Crippen LogP contribution in [0.4, 0.5) is 5.82 Å². The van der Waals surface area contributed by atoms with Gasteiger partial charge in [0.15, 0.2) is 0 Å². The average Bonchev–Trinajstić information content (AvgIpc) is 3.33. The summed E-state index contributed by atoms with van der Waals surface area (Å²) in [7, 11) is 0. The highest BCUT2D eigenvalue weighted by molar-refractivity contribution is 7.12. The number of pyridine rings is 1. The van der Waals surface area contributed by atoms with E-state index in [0.29, 0.717) is 35.8 Å². The largest absolute Gasteiger partial charge is 0.378 e. The van der Waals surface area contributed by atoms with Crippen LogP contribution in [0.1, 0.15) is 31.2 Å². The van der Waals surface area contributed by atoms with Crippen LogP contribution in [-0.2, 0) is 11.3 Å². The van der Waals surface area contributed by atoms with Crippen molar-refractivity contribution in [3.63, 3.8) is 0 Å². The smallest absolute Gasteiger partial charge is 0.252 e. The standard InChI is InChI=1S/C22H21N3O3S/c26-21(19-6-3-13-29-19)17-4-1-2-5-18(17)22(27)24-15-16-7-8-20(23-14-16)25-9-11-28-12-10-25/h1-8,13-14H,9-12,15H2,(H,24,27). The summed E-state index contributed by atoms with van der Waals surface area (Å²) in [5, 5.41) is 4.74. The van der Waals surface area contributed by atoms with E-state index >= 15 is 0 Å². The second-order valence-corrected chi connectivity index (χ2v) is 7.61. The van der Waals surface area contributed by atoms with Crippen molar-refractivity contribution in [3.05, 3.63) is 81.7 Å². The third-order valence-corrected chi connectivity index (χ3v) is 5.63. The van der Waals surface area contributed by atoms with Crippen LogP contribution in [0.5, 0.6) is 0 Å². The first-order chi connectivity index (χ1) is 14.2. The van der Waals surface area contributed by atoms with Crippen molar-refractivity contribution in [3.8, 4) is 0 Å². The van der Waals surface area contributed by atoms with Gasteiger partial charge in [-0.3, -0.25) is 9.59 Å². The molecule has 1 aromatic carbocycles. The second-order valence-electron chi connectivity index (χ2n) is 6.66. The SMILES string of the molecule is O=C(NCc1ccc(N2CCOCC2)nc1)c1ccccc1C(=O)c1cccs1. The van der Waals surface area contributed by atoms with E-state index in [2.05, 4.69) is 15.2 Å². The Bertz CT molecular complexity index is 981. The quantitative estimate of drug-likeness (QED) is 0.636. The van der Waals surface area contributed by atoms with Gasteiger partial charge in [-0.2, -0.15) is 0 Å². The van der Waals surface area contributed by atoms with Crippen LogP contribution in [0.15, 0.2) is 60.1 Å². The molecule has 6 nitrogen and oxygen atoms in total. The maximum absolute atomic E-state index is 12.7. The minimum Gasteiger partial charge on any atom is -0.378 e. The molecule has 1 N–H and O–H groups in total. The number of benzene rings is 1. The van der Waals surface area contributed by atoms with E-state index in [-0.39, 0.29) is 11.7 Å². The Morgan fingerprint density at radius 2 is 1.83 bits per heavy atom. The number of carbonyl (C=O) groups excluding carboxylic acids is 2. The monoisotopic (exact) mass is 407 g/mol. The lowest BCUT2D eigenvalue weighted by Crippen LogP contribution is -2.36. The molecular weight excluding hydrogens is 386 g/mol. The van der Waals surface area contributed by atoms with Crippen LogP contribution >= 0.6 is 11.3 Å². The molecule has 2 aromatic heterocycles. The van der Waals surface area contributed by atoms with Crippen LogP contribution in [0.25, 0.3) is 0 Å². The fourth-order valence-electron chi connectivity index (χ4n) is 3.20. The normalized spacial score (nSPS) is 13.9. The maximum Gasteiger partial charge on any atom is 0.252 e. The van der Waals surface area contributed by atoms with E-state index in [1.54, 1.807) is 36.5 Å². The van der Waals surface area contributed by atoms with Gasteiger partial charge in [0.1, 0.15) is 5.82 Å². The number of nitrogens with one attached hydrogen (secondary N) is 1. The zero-order chi connectivity index (χ0) is 20.1. The molecule has 29 heavy (non-hydrogen) atoms. The van der Waals surface area contributed by atoms with Crippen molar-refractivity contribution < 1.29 is 14.3 Å². The summed E-state index contributed by atoms with van der Waals surface area (Å²) < 4.78 is 5.36. The third-order valence-electron chi connectivity index (χ3n) is 4.76. The lowest BCUT2D eigenvalue weighted by atomic mass is 10.0. The van der Waals surface area contributed by atoms with Gasteiger partial charge in [-0.15, -0.1) is 11.3 Å². The van der Waals surface area contributed by atoms with Crippen LogP contribution < -0.4 is 10.2 Å². The Morgan fingerprint density at radius 1 is 1.03 bits per heavy atom. The van der Waals surface area contributed by atoms with Crippen molar-refractivity contribution >= 4 is 28.8 Å². The fourth-order valence-corrected chi connectivity index (χ4v) is 3.88. The van der Waals surface area contributed by atoms with Gasteiger partial charge in [-0.1, -0.05) is 30.3 Å². The summed E-state index contributed by atoms with van der Waals surface area (Å²) in [5.41, 5.74) is 1.69. The van der Waals surface area contributed by atoms with Gasteiger partial charge in [-0.05, 0) is 29.1 Å². The molecule has 1 amide bonds. The van der Waals surface area contributed by atoms with Gasteiger partial charge in [-0.25, -0.2) is 4.98 Å². The highest BCUT2D eigenvalue weighted by Gasteiger charge is 2.18. The molecule has 0 unspecified atom stereocenters. The molecule has 1 aliphatic rings. The van der Waals surface area contributed by atoms with E-state index in [1.165, 1.54) is 11.3 Å². The van der Waals surface area contributed by atoms with Gasteiger partial charge in [0.05, 0.1) is 23.7 Å². The number of carbonyl (C=O) groups is 2. The number of ketones is 1.